The van der Waals surface area contributed by atoms with Crippen molar-refractivity contribution in [3.8, 4) is 11.1 Å². The summed E-state index contributed by atoms with van der Waals surface area (Å²) in [6.07, 6.45) is 6.88. The largest absolute Gasteiger partial charge is 0.369 e. The second-order valence-electron chi connectivity index (χ2n) is 6.19. The average molecular weight is 315 g/mol. The third-order valence-electron chi connectivity index (χ3n) is 4.79. The number of nitrogens with two attached hydrogens (primary N) is 1. The molecule has 0 unspecified atom stereocenters. The predicted molar refractivity (Wildman–Crippen MR) is 95.2 cm³/mol. The molecule has 0 atom stereocenters. The Balaban J connectivity index is 2.00. The van der Waals surface area contributed by atoms with Gasteiger partial charge in [-0.25, -0.2) is 0 Å². The van der Waals surface area contributed by atoms with Crippen LogP contribution >= 0.6 is 0 Å². The minimum absolute atomic E-state index is 0.298. The van der Waals surface area contributed by atoms with Gasteiger partial charge in [-0.1, -0.05) is 36.9 Å². The average Bonchev–Trinajstić information content (AvgIpc) is 3.43. The molecule has 1 fully saturated rings. The summed E-state index contributed by atoms with van der Waals surface area (Å²) in [5.74, 6) is -0.298. The molecule has 0 spiro atoms. The van der Waals surface area contributed by atoms with Gasteiger partial charge in [-0.15, -0.1) is 0 Å². The van der Waals surface area contributed by atoms with E-state index in [2.05, 4.69) is 16.5 Å². The summed E-state index contributed by atoms with van der Waals surface area (Å²) in [7, 11) is 0. The molecule has 0 radical (unpaired) electrons. The van der Waals surface area contributed by atoms with E-state index in [-0.39, 0.29) is 5.91 Å². The first-order valence-corrected chi connectivity index (χ1v) is 7.93. The fraction of sp³-hybridized carbons (Fsp3) is 0.150. The summed E-state index contributed by atoms with van der Waals surface area (Å²) < 4.78 is 0. The molecule has 1 aliphatic rings. The van der Waals surface area contributed by atoms with E-state index >= 15 is 0 Å². The highest BCUT2D eigenvalue weighted by molar-refractivity contribution is 6.00. The number of nitrogens with zero attached hydrogens (tertiary/aromatic N) is 2. The SMILES string of the molecule is C=Cc1ncc(-c2ccccc2)c2cc(C3(C(N)=O)CC3)ncc12. The standard InChI is InChI=1S/C20H17N3O/c1-2-17-16-12-23-18(20(8-9-20)19(21)24)10-14(16)15(11-22-17)13-6-4-3-5-7-13/h2-7,10-12H,1,8-9H2,(H2,21,24). The maximum absolute atomic E-state index is 11.9. The summed E-state index contributed by atoms with van der Waals surface area (Å²) in [6.45, 7) is 3.83. The van der Waals surface area contributed by atoms with E-state index in [1.807, 2.05) is 42.6 Å². The molecule has 24 heavy (non-hydrogen) atoms. The lowest BCUT2D eigenvalue weighted by molar-refractivity contribution is -0.120. The van der Waals surface area contributed by atoms with Gasteiger partial charge < -0.3 is 5.73 Å². The van der Waals surface area contributed by atoms with Crippen LogP contribution in [-0.2, 0) is 10.2 Å². The Bertz CT molecular complexity index is 959. The number of carbonyl (C=O) groups excluding carboxylic acids is 1. The molecule has 118 valence electrons. The summed E-state index contributed by atoms with van der Waals surface area (Å²) in [6, 6.07) is 12.1. The number of rotatable bonds is 4. The molecule has 1 aromatic carbocycles. The quantitative estimate of drug-likeness (QED) is 0.801. The van der Waals surface area contributed by atoms with Crippen LogP contribution in [0.2, 0.25) is 0 Å². The van der Waals surface area contributed by atoms with Gasteiger partial charge in [0.05, 0.1) is 16.8 Å². The van der Waals surface area contributed by atoms with E-state index in [0.29, 0.717) is 0 Å². The van der Waals surface area contributed by atoms with Crippen molar-refractivity contribution in [2.45, 2.75) is 18.3 Å². The number of pyridine rings is 2. The Morgan fingerprint density at radius 1 is 1.12 bits per heavy atom. The molecular formula is C20H17N3O. The first-order chi connectivity index (χ1) is 11.7. The number of hydrogen-bond acceptors (Lipinski definition) is 3. The highest BCUT2D eigenvalue weighted by Gasteiger charge is 2.51. The van der Waals surface area contributed by atoms with Crippen LogP contribution < -0.4 is 5.73 Å². The lowest BCUT2D eigenvalue weighted by Gasteiger charge is -2.14. The van der Waals surface area contributed by atoms with Gasteiger partial charge in [0.15, 0.2) is 0 Å². The summed E-state index contributed by atoms with van der Waals surface area (Å²) in [5, 5.41) is 1.94. The first kappa shape index (κ1) is 14.6. The molecule has 1 saturated carbocycles. The van der Waals surface area contributed by atoms with Crippen molar-refractivity contribution in [2.24, 2.45) is 5.73 Å². The summed E-state index contributed by atoms with van der Waals surface area (Å²) in [4.78, 5) is 20.9. The molecule has 4 rings (SSSR count). The fourth-order valence-corrected chi connectivity index (χ4v) is 3.18. The fourth-order valence-electron chi connectivity index (χ4n) is 3.18. The maximum Gasteiger partial charge on any atom is 0.229 e. The Hall–Kier alpha value is -3.01. The Labute approximate surface area is 140 Å². The van der Waals surface area contributed by atoms with Crippen LogP contribution in [0.25, 0.3) is 28.0 Å². The molecule has 4 heteroatoms. The molecule has 1 amide bonds. The van der Waals surface area contributed by atoms with Crippen LogP contribution in [0.5, 0.6) is 0 Å². The van der Waals surface area contributed by atoms with Crippen molar-refractivity contribution < 1.29 is 4.79 Å². The second-order valence-corrected chi connectivity index (χ2v) is 6.19. The third kappa shape index (κ3) is 2.11. The van der Waals surface area contributed by atoms with Crippen LogP contribution in [0.15, 0.2) is 55.4 Å². The second kappa shape index (κ2) is 5.27. The van der Waals surface area contributed by atoms with Crippen LogP contribution in [-0.4, -0.2) is 15.9 Å². The van der Waals surface area contributed by atoms with E-state index in [9.17, 15) is 4.79 Å². The van der Waals surface area contributed by atoms with Crippen LogP contribution in [0.4, 0.5) is 0 Å². The maximum atomic E-state index is 11.9. The number of carbonyl (C=O) groups is 1. The molecule has 4 nitrogen and oxygen atoms in total. The van der Waals surface area contributed by atoms with Crippen molar-refractivity contribution in [1.29, 1.82) is 0 Å². The van der Waals surface area contributed by atoms with Crippen LogP contribution in [0.1, 0.15) is 24.2 Å². The van der Waals surface area contributed by atoms with Gasteiger partial charge in [0.2, 0.25) is 5.91 Å². The highest BCUT2D eigenvalue weighted by Crippen LogP contribution is 2.48. The molecule has 0 bridgehead atoms. The van der Waals surface area contributed by atoms with Gasteiger partial charge in [-0.05, 0) is 35.9 Å². The van der Waals surface area contributed by atoms with Gasteiger partial charge in [0, 0.05) is 23.3 Å². The lowest BCUT2D eigenvalue weighted by Crippen LogP contribution is -2.29. The molecule has 1 aliphatic carbocycles. The molecular weight excluding hydrogens is 298 g/mol. The number of benzene rings is 1. The normalized spacial score (nSPS) is 15.2. The molecule has 0 saturated heterocycles. The third-order valence-corrected chi connectivity index (χ3v) is 4.79. The number of hydrogen-bond donors (Lipinski definition) is 1. The first-order valence-electron chi connectivity index (χ1n) is 7.93. The van der Waals surface area contributed by atoms with Gasteiger partial charge in [0.1, 0.15) is 0 Å². The van der Waals surface area contributed by atoms with Gasteiger partial charge in [0.25, 0.3) is 0 Å². The van der Waals surface area contributed by atoms with E-state index < -0.39 is 5.41 Å². The molecule has 2 N–H and O–H groups in total. The van der Waals surface area contributed by atoms with Gasteiger partial charge in [-0.3, -0.25) is 14.8 Å². The number of fused-ring (bicyclic) bond motifs is 1. The molecule has 0 aliphatic heterocycles. The van der Waals surface area contributed by atoms with Gasteiger partial charge >= 0.3 is 0 Å². The molecule has 3 aromatic rings. The molecule has 2 aromatic heterocycles. The lowest BCUT2D eigenvalue weighted by atomic mass is 9.95. The van der Waals surface area contributed by atoms with Crippen molar-refractivity contribution >= 4 is 22.8 Å². The minimum Gasteiger partial charge on any atom is -0.369 e. The number of aromatic nitrogens is 2. The van der Waals surface area contributed by atoms with E-state index in [1.54, 1.807) is 12.3 Å². The monoisotopic (exact) mass is 315 g/mol. The minimum atomic E-state index is -0.597. The smallest absolute Gasteiger partial charge is 0.229 e. The van der Waals surface area contributed by atoms with Crippen LogP contribution in [0, 0.1) is 0 Å². The Morgan fingerprint density at radius 3 is 2.50 bits per heavy atom. The zero-order chi connectivity index (χ0) is 16.7. The van der Waals surface area contributed by atoms with E-state index in [0.717, 1.165) is 46.1 Å². The predicted octanol–water partition coefficient (Wildman–Crippen LogP) is 3.46. The Morgan fingerprint density at radius 2 is 1.88 bits per heavy atom. The van der Waals surface area contributed by atoms with Crippen molar-refractivity contribution in [2.75, 3.05) is 0 Å². The number of amides is 1. The zero-order valence-corrected chi connectivity index (χ0v) is 13.2. The van der Waals surface area contributed by atoms with E-state index in [4.69, 9.17) is 5.73 Å². The highest BCUT2D eigenvalue weighted by atomic mass is 16.1. The van der Waals surface area contributed by atoms with E-state index in [1.165, 1.54) is 0 Å². The van der Waals surface area contributed by atoms with Crippen molar-refractivity contribution in [1.82, 2.24) is 9.97 Å². The zero-order valence-electron chi connectivity index (χ0n) is 13.2. The van der Waals surface area contributed by atoms with Crippen LogP contribution in [0.3, 0.4) is 0 Å². The summed E-state index contributed by atoms with van der Waals surface area (Å²) in [5.41, 5.74) is 8.63. The number of primary amides is 1. The summed E-state index contributed by atoms with van der Waals surface area (Å²) >= 11 is 0. The van der Waals surface area contributed by atoms with Gasteiger partial charge in [-0.2, -0.15) is 0 Å². The molecule has 2 heterocycles. The van der Waals surface area contributed by atoms with Crippen molar-refractivity contribution in [3.05, 3.63) is 66.8 Å². The van der Waals surface area contributed by atoms with Crippen molar-refractivity contribution in [3.63, 3.8) is 0 Å². The Kier molecular flexibility index (Phi) is 3.20. The topological polar surface area (TPSA) is 68.9 Å².